The van der Waals surface area contributed by atoms with Gasteiger partial charge in [-0.15, -0.1) is 13.2 Å². The quantitative estimate of drug-likeness (QED) is 0.589. The van der Waals surface area contributed by atoms with Crippen molar-refractivity contribution in [3.8, 4) is 5.75 Å². The van der Waals surface area contributed by atoms with Crippen LogP contribution in [-0.2, 0) is 14.6 Å². The molecule has 3 rings (SSSR count). The standard InChI is InChI=1S/C19H17F6N3O5S/c20-18(21,22)17(5-7-32-8-6-17)28-16(29)15-14(26)9-13(10-27-15)34(30,31)12-3-1-11(2-4-12)33-19(23,24)25/h1-4,9-10H,5-8,26H2,(H,28,29). The number of sulfone groups is 1. The van der Waals surface area contributed by atoms with Crippen molar-refractivity contribution < 1.29 is 49.0 Å². The molecule has 2 aromatic rings. The molecule has 2 heterocycles. The number of hydrogen-bond acceptors (Lipinski definition) is 7. The van der Waals surface area contributed by atoms with Crippen LogP contribution >= 0.6 is 0 Å². The van der Waals surface area contributed by atoms with Gasteiger partial charge < -0.3 is 20.5 Å². The van der Waals surface area contributed by atoms with Crippen molar-refractivity contribution in [3.05, 3.63) is 42.2 Å². The first-order valence-electron chi connectivity index (χ1n) is 9.48. The maximum Gasteiger partial charge on any atom is 0.573 e. The Morgan fingerprint density at radius 3 is 2.15 bits per heavy atom. The number of nitrogen functional groups attached to an aromatic ring is 1. The SMILES string of the molecule is Nc1cc(S(=O)(=O)c2ccc(OC(F)(F)F)cc2)cnc1C(=O)NC1(C(F)(F)F)CCOCC1. The molecular formula is C19H17F6N3O5S. The Morgan fingerprint density at radius 2 is 1.65 bits per heavy atom. The van der Waals surface area contributed by atoms with Crippen LogP contribution < -0.4 is 15.8 Å². The van der Waals surface area contributed by atoms with E-state index in [0.29, 0.717) is 6.20 Å². The van der Waals surface area contributed by atoms with Gasteiger partial charge in [-0.05, 0) is 30.3 Å². The number of pyridine rings is 1. The van der Waals surface area contributed by atoms with E-state index < -0.39 is 73.6 Å². The lowest BCUT2D eigenvalue weighted by atomic mass is 9.89. The molecule has 3 N–H and O–H groups in total. The van der Waals surface area contributed by atoms with Gasteiger partial charge in [0, 0.05) is 32.3 Å². The molecule has 1 amide bonds. The van der Waals surface area contributed by atoms with Gasteiger partial charge in [-0.1, -0.05) is 0 Å². The molecule has 0 radical (unpaired) electrons. The van der Waals surface area contributed by atoms with Gasteiger partial charge in [0.15, 0.2) is 5.69 Å². The number of benzene rings is 1. The fourth-order valence-corrected chi connectivity index (χ4v) is 4.47. The average molecular weight is 513 g/mol. The summed E-state index contributed by atoms with van der Waals surface area (Å²) < 4.78 is 112. The number of carbonyl (C=O) groups excluding carboxylic acids is 1. The smallest absolute Gasteiger partial charge is 0.406 e. The minimum atomic E-state index is -4.97. The number of halogens is 6. The van der Waals surface area contributed by atoms with E-state index in [1.807, 2.05) is 5.32 Å². The van der Waals surface area contributed by atoms with Gasteiger partial charge in [0.25, 0.3) is 5.91 Å². The summed E-state index contributed by atoms with van der Waals surface area (Å²) in [4.78, 5) is 15.2. The Morgan fingerprint density at radius 1 is 1.06 bits per heavy atom. The molecular weight excluding hydrogens is 496 g/mol. The van der Waals surface area contributed by atoms with Crippen LogP contribution in [-0.4, -0.2) is 50.6 Å². The van der Waals surface area contributed by atoms with E-state index in [1.165, 1.54) is 0 Å². The summed E-state index contributed by atoms with van der Waals surface area (Å²) in [5, 5.41) is 1.90. The molecule has 1 aromatic heterocycles. The molecule has 1 aliphatic heterocycles. The Hall–Kier alpha value is -3.07. The Bertz CT molecular complexity index is 1160. The fraction of sp³-hybridized carbons (Fsp3) is 0.368. The Kier molecular flexibility index (Phi) is 6.72. The fourth-order valence-electron chi connectivity index (χ4n) is 3.23. The molecule has 0 aliphatic carbocycles. The third-order valence-electron chi connectivity index (χ3n) is 5.03. The van der Waals surface area contributed by atoms with Crippen molar-refractivity contribution in [1.82, 2.24) is 10.3 Å². The highest BCUT2D eigenvalue weighted by molar-refractivity contribution is 7.91. The highest BCUT2D eigenvalue weighted by Gasteiger charge is 2.56. The van der Waals surface area contributed by atoms with Crippen molar-refractivity contribution >= 4 is 21.4 Å². The largest absolute Gasteiger partial charge is 0.573 e. The monoisotopic (exact) mass is 513 g/mol. The number of alkyl halides is 6. The summed E-state index contributed by atoms with van der Waals surface area (Å²) >= 11 is 0. The maximum absolute atomic E-state index is 13.6. The van der Waals surface area contributed by atoms with Crippen molar-refractivity contribution in [1.29, 1.82) is 0 Å². The third kappa shape index (κ3) is 5.35. The molecule has 15 heteroatoms. The molecule has 1 aromatic carbocycles. The number of amides is 1. The summed E-state index contributed by atoms with van der Waals surface area (Å²) in [6, 6.07) is 4.09. The lowest BCUT2D eigenvalue weighted by molar-refractivity contribution is -0.274. The molecule has 0 bridgehead atoms. The topological polar surface area (TPSA) is 121 Å². The molecule has 0 unspecified atom stereocenters. The van der Waals surface area contributed by atoms with Gasteiger partial charge in [-0.25, -0.2) is 13.4 Å². The van der Waals surface area contributed by atoms with Gasteiger partial charge in [-0.3, -0.25) is 4.79 Å². The van der Waals surface area contributed by atoms with Gasteiger partial charge in [0.05, 0.1) is 15.5 Å². The number of rotatable bonds is 5. The molecule has 1 saturated heterocycles. The van der Waals surface area contributed by atoms with Gasteiger partial charge in [-0.2, -0.15) is 13.2 Å². The first-order chi connectivity index (χ1) is 15.6. The van der Waals surface area contributed by atoms with Crippen LogP contribution in [0.5, 0.6) is 5.75 Å². The second kappa shape index (κ2) is 8.94. The van der Waals surface area contributed by atoms with Crippen molar-refractivity contribution in [2.45, 2.75) is 40.7 Å². The van der Waals surface area contributed by atoms with Gasteiger partial charge >= 0.3 is 12.5 Å². The molecule has 8 nitrogen and oxygen atoms in total. The predicted molar refractivity (Wildman–Crippen MR) is 104 cm³/mol. The summed E-state index contributed by atoms with van der Waals surface area (Å²) in [5.41, 5.74) is 2.02. The van der Waals surface area contributed by atoms with E-state index >= 15 is 0 Å². The summed E-state index contributed by atoms with van der Waals surface area (Å²) in [6.07, 6.45) is -10.1. The number of ether oxygens (including phenoxy) is 2. The summed E-state index contributed by atoms with van der Waals surface area (Å²) in [6.45, 7) is -0.459. The predicted octanol–water partition coefficient (Wildman–Crippen LogP) is 3.24. The summed E-state index contributed by atoms with van der Waals surface area (Å²) in [5.74, 6) is -1.91. The van der Waals surface area contributed by atoms with E-state index in [1.54, 1.807) is 0 Å². The van der Waals surface area contributed by atoms with Crippen LogP contribution in [0.3, 0.4) is 0 Å². The highest BCUT2D eigenvalue weighted by Crippen LogP contribution is 2.38. The van der Waals surface area contributed by atoms with Crippen LogP contribution in [0, 0.1) is 0 Å². The van der Waals surface area contributed by atoms with Gasteiger partial charge in [0.1, 0.15) is 11.3 Å². The average Bonchev–Trinajstić information content (AvgIpc) is 2.72. The molecule has 0 spiro atoms. The lowest BCUT2D eigenvalue weighted by Gasteiger charge is -2.39. The zero-order valence-corrected chi connectivity index (χ0v) is 17.9. The van der Waals surface area contributed by atoms with Crippen molar-refractivity contribution in [3.63, 3.8) is 0 Å². The zero-order valence-electron chi connectivity index (χ0n) is 17.0. The zero-order chi connectivity index (χ0) is 25.4. The molecule has 186 valence electrons. The van der Waals surface area contributed by atoms with Crippen LogP contribution in [0.1, 0.15) is 23.3 Å². The number of anilines is 1. The minimum Gasteiger partial charge on any atom is -0.406 e. The maximum atomic E-state index is 13.6. The number of hydrogen-bond donors (Lipinski definition) is 2. The lowest BCUT2D eigenvalue weighted by Crippen LogP contribution is -2.61. The second-order valence-corrected chi connectivity index (χ2v) is 9.23. The first-order valence-corrected chi connectivity index (χ1v) is 11.0. The number of nitrogens with zero attached hydrogens (tertiary/aromatic N) is 1. The molecule has 1 aliphatic rings. The van der Waals surface area contributed by atoms with Gasteiger partial charge in [0.2, 0.25) is 9.84 Å². The summed E-state index contributed by atoms with van der Waals surface area (Å²) in [7, 11) is -4.33. The van der Waals surface area contributed by atoms with Crippen molar-refractivity contribution in [2.24, 2.45) is 0 Å². The van der Waals surface area contributed by atoms with E-state index in [2.05, 4.69) is 9.72 Å². The van der Waals surface area contributed by atoms with Crippen LogP contribution in [0.25, 0.3) is 0 Å². The number of nitrogens with two attached hydrogens (primary N) is 1. The second-order valence-electron chi connectivity index (χ2n) is 7.28. The minimum absolute atomic E-state index is 0.229. The Labute approximate surface area is 189 Å². The first kappa shape index (κ1) is 25.6. The molecule has 0 atom stereocenters. The highest BCUT2D eigenvalue weighted by atomic mass is 32.2. The van der Waals surface area contributed by atoms with Crippen LogP contribution in [0.15, 0.2) is 46.3 Å². The molecule has 34 heavy (non-hydrogen) atoms. The molecule has 0 saturated carbocycles. The van der Waals surface area contributed by atoms with Crippen LogP contribution in [0.4, 0.5) is 32.0 Å². The van der Waals surface area contributed by atoms with E-state index in [4.69, 9.17) is 10.5 Å². The van der Waals surface area contributed by atoms with Crippen molar-refractivity contribution in [2.75, 3.05) is 18.9 Å². The van der Waals surface area contributed by atoms with E-state index in [0.717, 1.165) is 30.3 Å². The Balaban J connectivity index is 1.84. The normalized spacial score (nSPS) is 16.6. The number of nitrogens with one attached hydrogen (secondary N) is 1. The van der Waals surface area contributed by atoms with Crippen LogP contribution in [0.2, 0.25) is 0 Å². The number of aromatic nitrogens is 1. The van der Waals surface area contributed by atoms with E-state index in [9.17, 15) is 39.6 Å². The number of carbonyl (C=O) groups is 1. The van der Waals surface area contributed by atoms with E-state index in [-0.39, 0.29) is 13.2 Å². The molecule has 1 fully saturated rings. The third-order valence-corrected chi connectivity index (χ3v) is 6.76.